The molecule has 0 heterocycles. The third-order valence-electron chi connectivity index (χ3n) is 5.31. The molecule has 0 aliphatic heterocycles. The normalized spacial score (nSPS) is 15.7. The Labute approximate surface area is 161 Å². The van der Waals surface area contributed by atoms with E-state index in [9.17, 15) is 8.42 Å². The van der Waals surface area contributed by atoms with Gasteiger partial charge in [-0.05, 0) is 59.6 Å². The Hall–Kier alpha value is -0.870. The number of hydrogen-bond donors (Lipinski definition) is 0. The Morgan fingerprint density at radius 3 is 1.81 bits per heavy atom. The van der Waals surface area contributed by atoms with Crippen molar-refractivity contribution >= 4 is 10.0 Å². The van der Waals surface area contributed by atoms with Gasteiger partial charge in [0.1, 0.15) is 0 Å². The quantitative estimate of drug-likeness (QED) is 0.538. The maximum absolute atomic E-state index is 13.7. The van der Waals surface area contributed by atoms with Gasteiger partial charge in [0.2, 0.25) is 10.0 Å². The molecule has 0 atom stereocenters. The molecule has 3 nitrogen and oxygen atoms in total. The molecule has 2 rings (SSSR count). The van der Waals surface area contributed by atoms with E-state index in [1.165, 1.54) is 5.56 Å². The van der Waals surface area contributed by atoms with E-state index in [0.29, 0.717) is 29.8 Å². The summed E-state index contributed by atoms with van der Waals surface area (Å²) in [4.78, 5) is 0.584. The largest absolute Gasteiger partial charge is 0.243 e. The number of rotatable bonds is 9. The molecular formula is C22H37NO2S. The molecule has 4 heteroatoms. The molecule has 0 aromatic heterocycles. The van der Waals surface area contributed by atoms with Crippen LogP contribution in [0.4, 0.5) is 0 Å². The minimum atomic E-state index is -3.48. The minimum Gasteiger partial charge on any atom is -0.207 e. The lowest BCUT2D eigenvalue weighted by Crippen LogP contribution is -2.35. The number of nitrogens with zero attached hydrogens (tertiary/aromatic N) is 1. The van der Waals surface area contributed by atoms with Gasteiger partial charge in [0.15, 0.2) is 0 Å². The zero-order valence-corrected chi connectivity index (χ0v) is 18.5. The van der Waals surface area contributed by atoms with Crippen molar-refractivity contribution in [2.24, 2.45) is 5.92 Å². The van der Waals surface area contributed by atoms with E-state index < -0.39 is 10.0 Å². The Balaban J connectivity index is 2.67. The van der Waals surface area contributed by atoms with Crippen LogP contribution in [-0.4, -0.2) is 25.8 Å². The molecule has 0 spiro atoms. The van der Waals surface area contributed by atoms with E-state index in [0.717, 1.165) is 30.4 Å². The average Bonchev–Trinajstić information content (AvgIpc) is 3.36. The first-order chi connectivity index (χ1) is 12.1. The summed E-state index contributed by atoms with van der Waals surface area (Å²) in [5.74, 6) is 1.30. The van der Waals surface area contributed by atoms with Gasteiger partial charge in [0, 0.05) is 13.1 Å². The van der Waals surface area contributed by atoms with Crippen molar-refractivity contribution in [1.29, 1.82) is 0 Å². The van der Waals surface area contributed by atoms with Gasteiger partial charge in [-0.15, -0.1) is 0 Å². The van der Waals surface area contributed by atoms with Crippen LogP contribution >= 0.6 is 0 Å². The van der Waals surface area contributed by atoms with Crippen molar-refractivity contribution in [2.45, 2.75) is 90.4 Å². The highest BCUT2D eigenvalue weighted by Gasteiger charge is 2.35. The lowest BCUT2D eigenvalue weighted by Gasteiger charge is -2.28. The maximum Gasteiger partial charge on any atom is 0.243 e. The summed E-state index contributed by atoms with van der Waals surface area (Å²) in [6.45, 7) is 16.1. The van der Waals surface area contributed by atoms with Gasteiger partial charge < -0.3 is 0 Å². The van der Waals surface area contributed by atoms with Crippen molar-refractivity contribution in [3.05, 3.63) is 28.8 Å². The molecule has 1 aliphatic carbocycles. The summed E-state index contributed by atoms with van der Waals surface area (Å²) in [7, 11) is -3.48. The van der Waals surface area contributed by atoms with Crippen LogP contribution in [0.15, 0.2) is 17.0 Å². The molecule has 0 amide bonds. The second-order valence-electron chi connectivity index (χ2n) is 8.80. The summed E-state index contributed by atoms with van der Waals surface area (Å²) in [6.07, 6.45) is 3.18. The van der Waals surface area contributed by atoms with Gasteiger partial charge in [-0.2, -0.15) is 4.31 Å². The molecule has 0 unspecified atom stereocenters. The fraction of sp³-hybridized carbons (Fsp3) is 0.727. The third kappa shape index (κ3) is 4.69. The first-order valence-corrected chi connectivity index (χ1v) is 11.7. The molecule has 0 bridgehead atoms. The predicted molar refractivity (Wildman–Crippen MR) is 110 cm³/mol. The van der Waals surface area contributed by atoms with Crippen LogP contribution in [-0.2, 0) is 10.0 Å². The van der Waals surface area contributed by atoms with E-state index in [1.807, 2.05) is 0 Å². The standard InChI is InChI=1S/C22H37NO2S/c1-8-11-23(14-18-9-10-18)26(24,25)22-20(16(4)5)12-19(15(2)3)13-21(22)17(6)7/h12-13,15-18H,8-11,14H2,1-7H3. The number of hydrogen-bond acceptors (Lipinski definition) is 2. The van der Waals surface area contributed by atoms with E-state index in [2.05, 4.69) is 60.6 Å². The molecule has 1 aromatic rings. The number of sulfonamides is 1. The first kappa shape index (κ1) is 21.4. The fourth-order valence-corrected chi connectivity index (χ4v) is 5.74. The third-order valence-corrected chi connectivity index (χ3v) is 7.31. The zero-order chi connectivity index (χ0) is 19.6. The van der Waals surface area contributed by atoms with Gasteiger partial charge in [-0.3, -0.25) is 0 Å². The molecule has 1 aromatic carbocycles. The fourth-order valence-electron chi connectivity index (χ4n) is 3.46. The molecule has 0 radical (unpaired) electrons. The van der Waals surface area contributed by atoms with Gasteiger partial charge in [0.25, 0.3) is 0 Å². The Kier molecular flexibility index (Phi) is 6.95. The monoisotopic (exact) mass is 379 g/mol. The van der Waals surface area contributed by atoms with Gasteiger partial charge >= 0.3 is 0 Å². The van der Waals surface area contributed by atoms with Crippen LogP contribution in [0.1, 0.15) is 102 Å². The zero-order valence-electron chi connectivity index (χ0n) is 17.7. The van der Waals surface area contributed by atoms with Crippen molar-refractivity contribution in [3.63, 3.8) is 0 Å². The highest BCUT2D eigenvalue weighted by molar-refractivity contribution is 7.89. The van der Waals surface area contributed by atoms with Crippen molar-refractivity contribution in [3.8, 4) is 0 Å². The molecule has 0 saturated heterocycles. The predicted octanol–water partition coefficient (Wildman–Crippen LogP) is 5.87. The smallest absolute Gasteiger partial charge is 0.207 e. The van der Waals surface area contributed by atoms with Gasteiger partial charge in [-0.25, -0.2) is 8.42 Å². The second-order valence-corrected chi connectivity index (χ2v) is 10.7. The van der Waals surface area contributed by atoms with Gasteiger partial charge in [-0.1, -0.05) is 60.6 Å². The maximum atomic E-state index is 13.7. The topological polar surface area (TPSA) is 37.4 Å². The van der Waals surface area contributed by atoms with Crippen LogP contribution in [0.3, 0.4) is 0 Å². The summed E-state index contributed by atoms with van der Waals surface area (Å²) in [5, 5.41) is 0. The van der Waals surface area contributed by atoms with E-state index >= 15 is 0 Å². The molecule has 1 saturated carbocycles. The first-order valence-electron chi connectivity index (χ1n) is 10.3. The molecular weight excluding hydrogens is 342 g/mol. The Morgan fingerprint density at radius 2 is 1.46 bits per heavy atom. The summed E-state index contributed by atoms with van der Waals surface area (Å²) in [6, 6.07) is 4.27. The van der Waals surface area contributed by atoms with Crippen LogP contribution in [0.25, 0.3) is 0 Å². The van der Waals surface area contributed by atoms with Gasteiger partial charge in [0.05, 0.1) is 4.90 Å². The van der Waals surface area contributed by atoms with Crippen LogP contribution in [0.2, 0.25) is 0 Å². The molecule has 0 N–H and O–H groups in total. The minimum absolute atomic E-state index is 0.181. The Morgan fingerprint density at radius 1 is 0.962 bits per heavy atom. The lowest BCUT2D eigenvalue weighted by molar-refractivity contribution is 0.394. The highest BCUT2D eigenvalue weighted by Crippen LogP contribution is 2.38. The Bertz CT molecular complexity index is 687. The summed E-state index contributed by atoms with van der Waals surface area (Å²) >= 11 is 0. The average molecular weight is 380 g/mol. The van der Waals surface area contributed by atoms with E-state index in [4.69, 9.17) is 0 Å². The molecule has 26 heavy (non-hydrogen) atoms. The van der Waals surface area contributed by atoms with Crippen molar-refractivity contribution < 1.29 is 8.42 Å². The van der Waals surface area contributed by atoms with E-state index in [1.54, 1.807) is 4.31 Å². The molecule has 148 valence electrons. The van der Waals surface area contributed by atoms with Crippen molar-refractivity contribution in [1.82, 2.24) is 4.31 Å². The second kappa shape index (κ2) is 8.43. The van der Waals surface area contributed by atoms with Crippen LogP contribution < -0.4 is 0 Å². The highest BCUT2D eigenvalue weighted by atomic mass is 32.2. The number of benzene rings is 1. The SMILES string of the molecule is CCCN(CC1CC1)S(=O)(=O)c1c(C(C)C)cc(C(C)C)cc1C(C)C. The summed E-state index contributed by atoms with van der Waals surface area (Å²) < 4.78 is 29.2. The summed E-state index contributed by atoms with van der Waals surface area (Å²) in [5.41, 5.74) is 3.20. The molecule has 1 aliphatic rings. The van der Waals surface area contributed by atoms with Crippen LogP contribution in [0.5, 0.6) is 0 Å². The van der Waals surface area contributed by atoms with E-state index in [-0.39, 0.29) is 11.8 Å². The lowest BCUT2D eigenvalue weighted by atomic mass is 9.89. The molecule has 1 fully saturated rings. The van der Waals surface area contributed by atoms with Crippen molar-refractivity contribution in [2.75, 3.05) is 13.1 Å². The van der Waals surface area contributed by atoms with Crippen LogP contribution in [0, 0.1) is 5.92 Å².